The smallest absolute Gasteiger partial charge is 0.412 e. The molecule has 1 aliphatic heterocycles. The first-order valence-electron chi connectivity index (χ1n) is 14.3. The molecule has 0 bridgehead atoms. The Labute approximate surface area is 235 Å². The Balaban J connectivity index is 2.18. The van der Waals surface area contributed by atoms with Gasteiger partial charge in [-0.2, -0.15) is 0 Å². The molecular formula is C32H51FN2O4. The summed E-state index contributed by atoms with van der Waals surface area (Å²) in [6, 6.07) is 1.25. The molecule has 1 amide bonds. The van der Waals surface area contributed by atoms with Gasteiger partial charge in [0.25, 0.3) is 0 Å². The topological polar surface area (TPSA) is 68.7 Å². The summed E-state index contributed by atoms with van der Waals surface area (Å²) in [5.41, 5.74) is 0.901. The Hall–Kier alpha value is -2.28. The molecular weight excluding hydrogens is 495 g/mol. The van der Waals surface area contributed by atoms with Gasteiger partial charge in [-0.3, -0.25) is 9.69 Å². The van der Waals surface area contributed by atoms with Crippen LogP contribution in [0.2, 0.25) is 0 Å². The summed E-state index contributed by atoms with van der Waals surface area (Å²) in [5, 5.41) is 0. The summed E-state index contributed by atoms with van der Waals surface area (Å²) in [6.45, 7) is 24.2. The van der Waals surface area contributed by atoms with Gasteiger partial charge in [-0.25, -0.2) is 14.2 Å². The van der Waals surface area contributed by atoms with Crippen LogP contribution in [0, 0.1) is 30.0 Å². The van der Waals surface area contributed by atoms with Crippen LogP contribution in [0.1, 0.15) is 124 Å². The maximum Gasteiger partial charge on any atom is 0.412 e. The fourth-order valence-corrected chi connectivity index (χ4v) is 4.95. The Kier molecular flexibility index (Phi) is 10.5. The number of ketones is 1. The number of carbonyl (C=O) groups is 2. The van der Waals surface area contributed by atoms with Crippen LogP contribution < -0.4 is 0 Å². The number of pyridine rings is 1. The maximum atomic E-state index is 15.0. The molecule has 0 aliphatic carbocycles. The van der Waals surface area contributed by atoms with Gasteiger partial charge in [-0.05, 0) is 96.6 Å². The second-order valence-electron chi connectivity index (χ2n) is 14.0. The molecule has 1 fully saturated rings. The zero-order valence-corrected chi connectivity index (χ0v) is 26.3. The summed E-state index contributed by atoms with van der Waals surface area (Å²) in [7, 11) is 0. The first kappa shape index (κ1) is 32.9. The molecule has 1 aromatic heterocycles. The number of hydrogen-bond acceptors (Lipinski definition) is 5. The summed E-state index contributed by atoms with van der Waals surface area (Å²) in [6.07, 6.45) is 3.89. The number of ether oxygens (including phenoxy) is 2. The van der Waals surface area contributed by atoms with Crippen LogP contribution >= 0.6 is 0 Å². The highest BCUT2D eigenvalue weighted by molar-refractivity contribution is 5.94. The van der Waals surface area contributed by atoms with Gasteiger partial charge in [-0.1, -0.05) is 46.3 Å². The summed E-state index contributed by atoms with van der Waals surface area (Å²) >= 11 is 0. The van der Waals surface area contributed by atoms with Crippen LogP contribution in [0.3, 0.4) is 0 Å². The van der Waals surface area contributed by atoms with Crippen LogP contribution in [-0.2, 0) is 9.47 Å². The lowest BCUT2D eigenvalue weighted by atomic mass is 9.85. The number of rotatable bonds is 9. The molecule has 220 valence electrons. The van der Waals surface area contributed by atoms with Crippen LogP contribution in [0.15, 0.2) is 11.6 Å². The molecule has 0 radical (unpaired) electrons. The molecule has 0 spiro atoms. The second kappa shape index (κ2) is 12.5. The third kappa shape index (κ3) is 9.12. The molecule has 7 heteroatoms. The zero-order valence-electron chi connectivity index (χ0n) is 26.3. The van der Waals surface area contributed by atoms with E-state index in [1.807, 2.05) is 54.5 Å². The van der Waals surface area contributed by atoms with E-state index in [-0.39, 0.29) is 35.3 Å². The molecule has 1 aromatic rings. The minimum Gasteiger partial charge on any atom is -0.444 e. The lowest BCUT2D eigenvalue weighted by molar-refractivity contribution is -0.0650. The van der Waals surface area contributed by atoms with Gasteiger partial charge >= 0.3 is 6.09 Å². The van der Waals surface area contributed by atoms with Crippen molar-refractivity contribution >= 4 is 18.0 Å². The van der Waals surface area contributed by atoms with Crippen molar-refractivity contribution in [2.24, 2.45) is 17.3 Å². The molecule has 0 aromatic carbocycles. The van der Waals surface area contributed by atoms with E-state index in [1.165, 1.54) is 6.07 Å². The average molecular weight is 547 g/mol. The number of nitrogens with zero attached hydrogens (tertiary/aromatic N) is 2. The fraction of sp³-hybridized carbons (Fsp3) is 0.719. The third-order valence-electron chi connectivity index (χ3n) is 7.43. The van der Waals surface area contributed by atoms with Crippen molar-refractivity contribution in [3.63, 3.8) is 0 Å². The SMILES string of the molecule is C/C(=C\c1cc(F)c(C(=O)CCCC(CC(C)C)C2COC(C)(C)N2C(=O)OC(C)(C)C)nc1C)C(C)(C)C. The average Bonchev–Trinajstić information content (AvgIpc) is 3.08. The first-order chi connectivity index (χ1) is 17.7. The van der Waals surface area contributed by atoms with Crippen molar-refractivity contribution in [3.05, 3.63) is 34.4 Å². The Bertz CT molecular complexity index is 1060. The second-order valence-corrected chi connectivity index (χ2v) is 14.0. The van der Waals surface area contributed by atoms with E-state index < -0.39 is 23.2 Å². The monoisotopic (exact) mass is 546 g/mol. The minimum atomic E-state index is -0.788. The van der Waals surface area contributed by atoms with Crippen LogP contribution in [0.5, 0.6) is 0 Å². The summed E-state index contributed by atoms with van der Waals surface area (Å²) in [4.78, 5) is 32.3. The van der Waals surface area contributed by atoms with Crippen LogP contribution in [0.25, 0.3) is 6.08 Å². The lowest BCUT2D eigenvalue weighted by Crippen LogP contribution is -2.52. The van der Waals surface area contributed by atoms with E-state index in [9.17, 15) is 9.59 Å². The maximum absolute atomic E-state index is 15.0. The van der Waals surface area contributed by atoms with E-state index in [4.69, 9.17) is 9.47 Å². The third-order valence-corrected chi connectivity index (χ3v) is 7.43. The number of aryl methyl sites for hydroxylation is 1. The highest BCUT2D eigenvalue weighted by Gasteiger charge is 2.48. The fourth-order valence-electron chi connectivity index (χ4n) is 4.95. The number of amides is 1. The predicted octanol–water partition coefficient (Wildman–Crippen LogP) is 8.37. The van der Waals surface area contributed by atoms with Gasteiger partial charge in [0.15, 0.2) is 11.6 Å². The largest absolute Gasteiger partial charge is 0.444 e. The molecule has 2 rings (SSSR count). The number of halogens is 1. The molecule has 2 atom stereocenters. The standard InChI is InChI=1S/C32H51FN2O4/c1-20(2)16-23(26-19-38-32(11,12)35(26)29(37)39-31(8,9)10)14-13-15-27(36)28-25(33)18-24(22(4)34-28)17-21(3)30(5,6)7/h17-18,20,23,26H,13-16,19H2,1-12H3/b21-17+. The molecule has 39 heavy (non-hydrogen) atoms. The molecule has 0 N–H and O–H groups in total. The van der Waals surface area contributed by atoms with E-state index in [1.54, 1.807) is 4.90 Å². The normalized spacial score (nSPS) is 19.0. The van der Waals surface area contributed by atoms with Crippen LogP contribution in [-0.4, -0.2) is 45.7 Å². The van der Waals surface area contributed by atoms with Crippen molar-refractivity contribution in [2.45, 2.75) is 126 Å². The quantitative estimate of drug-likeness (QED) is 0.291. The Morgan fingerprint density at radius 2 is 1.85 bits per heavy atom. The number of allylic oxidation sites excluding steroid dienone is 1. The molecule has 0 saturated carbocycles. The van der Waals surface area contributed by atoms with Gasteiger partial charge in [0.2, 0.25) is 0 Å². The Morgan fingerprint density at radius 3 is 2.38 bits per heavy atom. The number of carbonyl (C=O) groups excluding carboxylic acids is 2. The first-order valence-corrected chi connectivity index (χ1v) is 14.3. The van der Waals surface area contributed by atoms with E-state index >= 15 is 4.39 Å². The minimum absolute atomic E-state index is 0.0391. The van der Waals surface area contributed by atoms with Crippen molar-refractivity contribution in [1.82, 2.24) is 9.88 Å². The van der Waals surface area contributed by atoms with Gasteiger partial charge < -0.3 is 9.47 Å². The lowest BCUT2D eigenvalue weighted by Gasteiger charge is -2.38. The van der Waals surface area contributed by atoms with Gasteiger partial charge in [-0.15, -0.1) is 0 Å². The molecule has 2 unspecified atom stereocenters. The Morgan fingerprint density at radius 1 is 1.23 bits per heavy atom. The van der Waals surface area contributed by atoms with Crippen molar-refractivity contribution < 1.29 is 23.5 Å². The van der Waals surface area contributed by atoms with Crippen molar-refractivity contribution in [3.8, 4) is 0 Å². The molecule has 1 saturated heterocycles. The highest BCUT2D eigenvalue weighted by Crippen LogP contribution is 2.37. The van der Waals surface area contributed by atoms with Crippen molar-refractivity contribution in [2.75, 3.05) is 6.61 Å². The van der Waals surface area contributed by atoms with Gasteiger partial charge in [0.1, 0.15) is 17.0 Å². The van der Waals surface area contributed by atoms with Gasteiger partial charge in [0, 0.05) is 12.1 Å². The summed E-state index contributed by atoms with van der Waals surface area (Å²) < 4.78 is 26.8. The zero-order chi connectivity index (χ0) is 29.9. The number of hydrogen-bond donors (Lipinski definition) is 0. The number of aromatic nitrogens is 1. The summed E-state index contributed by atoms with van der Waals surface area (Å²) in [5.74, 6) is -0.373. The van der Waals surface area contributed by atoms with E-state index in [2.05, 4.69) is 39.6 Å². The molecule has 1 aliphatic rings. The highest BCUT2D eigenvalue weighted by atomic mass is 19.1. The molecule has 6 nitrogen and oxygen atoms in total. The van der Waals surface area contributed by atoms with Gasteiger partial charge in [0.05, 0.1) is 12.6 Å². The van der Waals surface area contributed by atoms with Crippen LogP contribution in [0.4, 0.5) is 9.18 Å². The van der Waals surface area contributed by atoms with E-state index in [0.717, 1.165) is 12.0 Å². The number of Topliss-reactive ketones (excluding diaryl/α,β-unsaturated/α-hetero) is 1. The molecule has 2 heterocycles. The van der Waals surface area contributed by atoms with Crippen molar-refractivity contribution in [1.29, 1.82) is 0 Å². The van der Waals surface area contributed by atoms with E-state index in [0.29, 0.717) is 36.6 Å². The predicted molar refractivity (Wildman–Crippen MR) is 155 cm³/mol.